The van der Waals surface area contributed by atoms with Crippen molar-refractivity contribution >= 4 is 72.5 Å². The topological polar surface area (TPSA) is 115 Å². The molecule has 0 saturated carbocycles. The molecule has 1 aliphatic rings. The minimum absolute atomic E-state index is 0.0359. The number of halogens is 3. The van der Waals surface area contributed by atoms with E-state index in [2.05, 4.69) is 15.9 Å². The Bertz CT molecular complexity index is 1220. The minimum Gasteiger partial charge on any atom is -0.456 e. The van der Waals surface area contributed by atoms with Gasteiger partial charge in [0.2, 0.25) is 0 Å². The summed E-state index contributed by atoms with van der Waals surface area (Å²) in [6.45, 7) is -0.656. The molecule has 1 heterocycles. The maximum Gasteiger partial charge on any atom is 0.329 e. The molecule has 0 bridgehead atoms. The number of rotatable bonds is 8. The average Bonchev–Trinajstić information content (AvgIpc) is 2.97. The Balaban J connectivity index is 1.84. The largest absolute Gasteiger partial charge is 0.456 e. The van der Waals surface area contributed by atoms with E-state index in [-0.39, 0.29) is 26.7 Å². The number of nitrogens with zero attached hydrogens (tertiary/aromatic N) is 1. The third-order valence-electron chi connectivity index (χ3n) is 4.82. The smallest absolute Gasteiger partial charge is 0.329 e. The van der Waals surface area contributed by atoms with E-state index in [4.69, 9.17) is 27.9 Å². The van der Waals surface area contributed by atoms with E-state index in [0.29, 0.717) is 4.90 Å². The normalized spacial score (nSPS) is 14.2. The van der Waals surface area contributed by atoms with Crippen LogP contribution in [0, 0.1) is 0 Å². The van der Waals surface area contributed by atoms with Crippen LogP contribution in [0.1, 0.15) is 37.5 Å². The van der Waals surface area contributed by atoms with E-state index in [0.717, 1.165) is 10.7 Å². The second-order valence-electron chi connectivity index (χ2n) is 7.26. The summed E-state index contributed by atoms with van der Waals surface area (Å²) in [7, 11) is -3.55. The minimum atomic E-state index is -3.55. The van der Waals surface area contributed by atoms with Crippen LogP contribution in [-0.4, -0.2) is 61.5 Å². The van der Waals surface area contributed by atoms with Gasteiger partial charge >= 0.3 is 5.97 Å². The monoisotopic (exact) mass is 575 g/mol. The molecule has 2 aromatic carbocycles. The van der Waals surface area contributed by atoms with Crippen LogP contribution in [0.5, 0.6) is 0 Å². The summed E-state index contributed by atoms with van der Waals surface area (Å²) in [6, 6.07) is 7.17. The standard InChI is InChI=1S/C21H16BrCl2NO7S/c1-33(30,31)7-6-17(21(29)32-10-18(26)11-2-4-12(22)5-3-11)25-19(27)13-8-15(23)16(24)9-14(13)20(25)28/h2-5,8-9,17H,6-7,10H2,1H3/t17-/m0/s1. The maximum atomic E-state index is 12.9. The summed E-state index contributed by atoms with van der Waals surface area (Å²) >= 11 is 15.1. The number of carbonyl (C=O) groups excluding carboxylic acids is 4. The van der Waals surface area contributed by atoms with Gasteiger partial charge in [0.05, 0.1) is 26.9 Å². The van der Waals surface area contributed by atoms with Gasteiger partial charge in [-0.2, -0.15) is 0 Å². The lowest BCUT2D eigenvalue weighted by molar-refractivity contribution is -0.147. The molecule has 0 radical (unpaired) electrons. The Kier molecular flexibility index (Phi) is 7.62. The first-order valence-electron chi connectivity index (χ1n) is 9.39. The highest BCUT2D eigenvalue weighted by atomic mass is 79.9. The summed E-state index contributed by atoms with van der Waals surface area (Å²) in [5.41, 5.74) is 0.138. The van der Waals surface area contributed by atoms with Crippen LogP contribution in [0.25, 0.3) is 0 Å². The van der Waals surface area contributed by atoms with Crippen LogP contribution in [0.15, 0.2) is 40.9 Å². The molecule has 0 fully saturated rings. The van der Waals surface area contributed by atoms with Crippen molar-refractivity contribution in [2.45, 2.75) is 12.5 Å². The molecule has 0 saturated heterocycles. The zero-order valence-corrected chi connectivity index (χ0v) is 20.9. The molecule has 0 aliphatic carbocycles. The van der Waals surface area contributed by atoms with E-state index in [1.807, 2.05) is 0 Å². The lowest BCUT2D eigenvalue weighted by Crippen LogP contribution is -2.46. The van der Waals surface area contributed by atoms with Crippen LogP contribution in [0.4, 0.5) is 0 Å². The third kappa shape index (κ3) is 5.81. The highest BCUT2D eigenvalue weighted by molar-refractivity contribution is 9.10. The molecule has 174 valence electrons. The van der Waals surface area contributed by atoms with Crippen molar-refractivity contribution < 1.29 is 32.3 Å². The molecule has 0 N–H and O–H groups in total. The summed E-state index contributed by atoms with van der Waals surface area (Å²) in [5.74, 6) is -3.79. The summed E-state index contributed by atoms with van der Waals surface area (Å²) in [4.78, 5) is 51.6. The van der Waals surface area contributed by atoms with Gasteiger partial charge in [0, 0.05) is 16.3 Å². The molecule has 1 atom stereocenters. The summed E-state index contributed by atoms with van der Waals surface area (Å²) < 4.78 is 29.2. The van der Waals surface area contributed by atoms with Gasteiger partial charge in [0.25, 0.3) is 11.8 Å². The SMILES string of the molecule is CS(=O)(=O)CC[C@@H](C(=O)OCC(=O)c1ccc(Br)cc1)N1C(=O)c2cc(Cl)c(Cl)cc2C1=O. The first-order valence-corrected chi connectivity index (χ1v) is 13.0. The highest BCUT2D eigenvalue weighted by Crippen LogP contribution is 2.33. The van der Waals surface area contributed by atoms with Gasteiger partial charge in [-0.3, -0.25) is 19.3 Å². The first-order chi connectivity index (χ1) is 15.4. The van der Waals surface area contributed by atoms with E-state index >= 15 is 0 Å². The molecule has 2 amide bonds. The second-order valence-corrected chi connectivity index (χ2v) is 11.3. The highest BCUT2D eigenvalue weighted by Gasteiger charge is 2.44. The molecule has 8 nitrogen and oxygen atoms in total. The van der Waals surface area contributed by atoms with Crippen molar-refractivity contribution in [3.05, 3.63) is 67.6 Å². The number of carbonyl (C=O) groups is 4. The van der Waals surface area contributed by atoms with Gasteiger partial charge in [0.15, 0.2) is 12.4 Å². The number of fused-ring (bicyclic) bond motifs is 1. The lowest BCUT2D eigenvalue weighted by atomic mass is 10.1. The summed E-state index contributed by atoms with van der Waals surface area (Å²) in [6.07, 6.45) is 0.547. The number of amides is 2. The Labute approximate surface area is 207 Å². The lowest BCUT2D eigenvalue weighted by Gasteiger charge is -2.24. The van der Waals surface area contributed by atoms with E-state index < -0.39 is 58.2 Å². The number of hydrogen-bond donors (Lipinski definition) is 0. The van der Waals surface area contributed by atoms with Crippen molar-refractivity contribution in [1.29, 1.82) is 0 Å². The molecule has 0 spiro atoms. The van der Waals surface area contributed by atoms with E-state index in [1.165, 1.54) is 24.3 Å². The number of sulfone groups is 1. The van der Waals surface area contributed by atoms with Gasteiger partial charge < -0.3 is 4.74 Å². The summed E-state index contributed by atoms with van der Waals surface area (Å²) in [5, 5.41) is 0.0718. The Morgan fingerprint density at radius 1 is 1.03 bits per heavy atom. The maximum absolute atomic E-state index is 12.9. The Hall–Kier alpha value is -2.27. The fourth-order valence-electron chi connectivity index (χ4n) is 3.17. The van der Waals surface area contributed by atoms with Crippen LogP contribution >= 0.6 is 39.1 Å². The van der Waals surface area contributed by atoms with Crippen LogP contribution < -0.4 is 0 Å². The van der Waals surface area contributed by atoms with Crippen LogP contribution in [-0.2, 0) is 19.4 Å². The van der Waals surface area contributed by atoms with E-state index in [9.17, 15) is 27.6 Å². The fraction of sp³-hybridized carbons (Fsp3) is 0.238. The van der Waals surface area contributed by atoms with Gasteiger partial charge in [-0.05, 0) is 30.7 Å². The third-order valence-corrected chi connectivity index (χ3v) is 7.04. The number of imide groups is 1. The molecular weight excluding hydrogens is 561 g/mol. The Morgan fingerprint density at radius 2 is 1.55 bits per heavy atom. The predicted octanol–water partition coefficient (Wildman–Crippen LogP) is 3.58. The van der Waals surface area contributed by atoms with E-state index in [1.54, 1.807) is 12.1 Å². The molecule has 12 heteroatoms. The van der Waals surface area contributed by atoms with Crippen molar-refractivity contribution in [3.8, 4) is 0 Å². The van der Waals surface area contributed by atoms with Gasteiger partial charge in [-0.1, -0.05) is 51.3 Å². The quantitative estimate of drug-likeness (QED) is 0.268. The zero-order valence-electron chi connectivity index (χ0n) is 17.0. The number of benzene rings is 2. The number of ketones is 1. The van der Waals surface area contributed by atoms with Crippen molar-refractivity contribution in [1.82, 2.24) is 4.90 Å². The van der Waals surface area contributed by atoms with Crippen LogP contribution in [0.3, 0.4) is 0 Å². The average molecular weight is 577 g/mol. The molecule has 1 aliphatic heterocycles. The molecular formula is C21H16BrCl2NO7S. The Morgan fingerprint density at radius 3 is 2.03 bits per heavy atom. The molecule has 33 heavy (non-hydrogen) atoms. The van der Waals surface area contributed by atoms with Gasteiger partial charge in [0.1, 0.15) is 15.9 Å². The molecule has 2 aromatic rings. The predicted molar refractivity (Wildman–Crippen MR) is 125 cm³/mol. The molecule has 0 aromatic heterocycles. The van der Waals surface area contributed by atoms with Crippen molar-refractivity contribution in [3.63, 3.8) is 0 Å². The molecule has 0 unspecified atom stereocenters. The van der Waals surface area contributed by atoms with Crippen molar-refractivity contribution in [2.24, 2.45) is 0 Å². The number of Topliss-reactive ketones (excluding diaryl/α,β-unsaturated/α-hetero) is 1. The van der Waals surface area contributed by atoms with Gasteiger partial charge in [-0.25, -0.2) is 13.2 Å². The van der Waals surface area contributed by atoms with Gasteiger partial charge in [-0.15, -0.1) is 0 Å². The number of esters is 1. The number of hydrogen-bond acceptors (Lipinski definition) is 7. The molecule has 3 rings (SSSR count). The zero-order chi connectivity index (χ0) is 24.5. The van der Waals surface area contributed by atoms with Crippen LogP contribution in [0.2, 0.25) is 10.0 Å². The van der Waals surface area contributed by atoms with Crippen molar-refractivity contribution in [2.75, 3.05) is 18.6 Å². The first kappa shape index (κ1) is 25.4. The number of ether oxygens (including phenoxy) is 1. The fourth-order valence-corrected chi connectivity index (χ4v) is 4.41. The second kappa shape index (κ2) is 9.92.